The molecular weight excluding hydrogens is 186 g/mol. The predicted molar refractivity (Wildman–Crippen MR) is 62.9 cm³/mol. The fraction of sp³-hybridized carbons (Fsp3) is 1.00. The molecule has 0 bridgehead atoms. The maximum atomic E-state index is 6.11. The second kappa shape index (κ2) is 4.84. The summed E-state index contributed by atoms with van der Waals surface area (Å²) in [5, 5.41) is 3.43. The molecule has 0 aromatic carbocycles. The quantitative estimate of drug-likeness (QED) is 0.771. The summed E-state index contributed by atoms with van der Waals surface area (Å²) >= 11 is 0. The van der Waals surface area contributed by atoms with Crippen molar-refractivity contribution in [3.8, 4) is 0 Å². The van der Waals surface area contributed by atoms with E-state index in [1.807, 2.05) is 0 Å². The second-order valence-electron chi connectivity index (χ2n) is 5.69. The van der Waals surface area contributed by atoms with Crippen LogP contribution in [0.25, 0.3) is 0 Å². The van der Waals surface area contributed by atoms with Gasteiger partial charge in [-0.25, -0.2) is 0 Å². The molecule has 2 heteroatoms. The van der Waals surface area contributed by atoms with Gasteiger partial charge in [0.15, 0.2) is 0 Å². The Morgan fingerprint density at radius 3 is 2.53 bits per heavy atom. The maximum Gasteiger partial charge on any atom is 0.0753 e. The van der Waals surface area contributed by atoms with Gasteiger partial charge in [-0.2, -0.15) is 0 Å². The number of likely N-dealkylation sites (N-methyl/N-ethyl adjacent to an activating group) is 1. The standard InChI is InChI=1S/C13H25NO/c1-9-6-10(2)13(12(7-9)14-3)15-8-11-4-5-11/h9-14H,4-8H2,1-3H3. The molecule has 0 aromatic heterocycles. The Hall–Kier alpha value is -0.0800. The van der Waals surface area contributed by atoms with E-state index in [4.69, 9.17) is 4.74 Å². The van der Waals surface area contributed by atoms with E-state index in [1.54, 1.807) is 0 Å². The number of ether oxygens (including phenoxy) is 1. The summed E-state index contributed by atoms with van der Waals surface area (Å²) in [7, 11) is 2.07. The van der Waals surface area contributed by atoms with Crippen molar-refractivity contribution >= 4 is 0 Å². The molecule has 4 atom stereocenters. The lowest BCUT2D eigenvalue weighted by Crippen LogP contribution is -2.48. The molecule has 2 rings (SSSR count). The number of hydrogen-bond donors (Lipinski definition) is 1. The van der Waals surface area contributed by atoms with Gasteiger partial charge in [0, 0.05) is 12.6 Å². The van der Waals surface area contributed by atoms with Crippen molar-refractivity contribution in [1.82, 2.24) is 5.32 Å². The molecule has 15 heavy (non-hydrogen) atoms. The van der Waals surface area contributed by atoms with Crippen LogP contribution >= 0.6 is 0 Å². The highest BCUT2D eigenvalue weighted by Crippen LogP contribution is 2.34. The van der Waals surface area contributed by atoms with Gasteiger partial charge in [0.05, 0.1) is 6.10 Å². The van der Waals surface area contributed by atoms with Gasteiger partial charge in [0.2, 0.25) is 0 Å². The molecule has 1 N–H and O–H groups in total. The normalized spacial score (nSPS) is 41.8. The minimum Gasteiger partial charge on any atom is -0.376 e. The topological polar surface area (TPSA) is 21.3 Å². The SMILES string of the molecule is CNC1CC(C)CC(C)C1OCC1CC1. The van der Waals surface area contributed by atoms with Crippen LogP contribution in [0, 0.1) is 17.8 Å². The molecule has 2 aliphatic rings. The lowest BCUT2D eigenvalue weighted by Gasteiger charge is -2.39. The molecule has 2 saturated carbocycles. The first kappa shape index (κ1) is 11.4. The highest BCUT2D eigenvalue weighted by atomic mass is 16.5. The molecule has 0 heterocycles. The first-order valence-electron chi connectivity index (χ1n) is 6.49. The summed E-state index contributed by atoms with van der Waals surface area (Å²) in [6.45, 7) is 5.71. The fourth-order valence-electron chi connectivity index (χ4n) is 2.92. The molecule has 0 amide bonds. The van der Waals surface area contributed by atoms with E-state index < -0.39 is 0 Å². The Labute approximate surface area is 93.8 Å². The fourth-order valence-corrected chi connectivity index (χ4v) is 2.92. The van der Waals surface area contributed by atoms with Gasteiger partial charge in [-0.1, -0.05) is 13.8 Å². The minimum atomic E-state index is 0.451. The van der Waals surface area contributed by atoms with Crippen LogP contribution in [0.3, 0.4) is 0 Å². The van der Waals surface area contributed by atoms with Crippen LogP contribution in [0.4, 0.5) is 0 Å². The van der Waals surface area contributed by atoms with Crippen LogP contribution in [-0.4, -0.2) is 25.8 Å². The summed E-state index contributed by atoms with van der Waals surface area (Å²) in [6, 6.07) is 0.572. The third-order valence-electron chi connectivity index (χ3n) is 3.98. The monoisotopic (exact) mass is 211 g/mol. The van der Waals surface area contributed by atoms with Crippen LogP contribution in [-0.2, 0) is 4.74 Å². The summed E-state index contributed by atoms with van der Waals surface area (Å²) < 4.78 is 6.11. The summed E-state index contributed by atoms with van der Waals surface area (Å²) in [5.41, 5.74) is 0. The smallest absolute Gasteiger partial charge is 0.0753 e. The number of nitrogens with one attached hydrogen (secondary N) is 1. The molecule has 0 aliphatic heterocycles. The molecule has 2 fully saturated rings. The number of hydrogen-bond acceptors (Lipinski definition) is 2. The summed E-state index contributed by atoms with van der Waals surface area (Å²) in [6.07, 6.45) is 5.83. The van der Waals surface area contributed by atoms with E-state index in [0.717, 1.165) is 18.4 Å². The highest BCUT2D eigenvalue weighted by molar-refractivity contribution is 4.88. The van der Waals surface area contributed by atoms with Gasteiger partial charge in [-0.3, -0.25) is 0 Å². The van der Waals surface area contributed by atoms with Crippen molar-refractivity contribution in [2.24, 2.45) is 17.8 Å². The summed E-state index contributed by atoms with van der Waals surface area (Å²) in [5.74, 6) is 2.44. The predicted octanol–water partition coefficient (Wildman–Crippen LogP) is 2.44. The molecule has 0 radical (unpaired) electrons. The zero-order valence-corrected chi connectivity index (χ0v) is 10.3. The maximum absolute atomic E-state index is 6.11. The average Bonchev–Trinajstić information content (AvgIpc) is 2.99. The molecule has 0 spiro atoms. The van der Waals surface area contributed by atoms with E-state index in [9.17, 15) is 0 Å². The molecule has 2 nitrogen and oxygen atoms in total. The van der Waals surface area contributed by atoms with E-state index >= 15 is 0 Å². The first-order chi connectivity index (χ1) is 7.20. The summed E-state index contributed by atoms with van der Waals surface area (Å²) in [4.78, 5) is 0. The number of rotatable bonds is 4. The molecule has 0 saturated heterocycles. The Bertz CT molecular complexity index is 203. The van der Waals surface area contributed by atoms with Crippen LogP contribution < -0.4 is 5.32 Å². The van der Waals surface area contributed by atoms with Crippen LogP contribution in [0.15, 0.2) is 0 Å². The van der Waals surface area contributed by atoms with Gasteiger partial charge < -0.3 is 10.1 Å². The van der Waals surface area contributed by atoms with Gasteiger partial charge in [-0.15, -0.1) is 0 Å². The Balaban J connectivity index is 1.86. The molecule has 88 valence electrons. The Morgan fingerprint density at radius 2 is 1.93 bits per heavy atom. The van der Waals surface area contributed by atoms with Crippen LogP contribution in [0.2, 0.25) is 0 Å². The van der Waals surface area contributed by atoms with Crippen LogP contribution in [0.1, 0.15) is 39.5 Å². The van der Waals surface area contributed by atoms with Gasteiger partial charge in [-0.05, 0) is 50.5 Å². The Kier molecular flexibility index (Phi) is 3.68. The Morgan fingerprint density at radius 1 is 1.20 bits per heavy atom. The average molecular weight is 211 g/mol. The van der Waals surface area contributed by atoms with Crippen molar-refractivity contribution in [1.29, 1.82) is 0 Å². The van der Waals surface area contributed by atoms with Crippen molar-refractivity contribution in [2.45, 2.75) is 51.7 Å². The van der Waals surface area contributed by atoms with Crippen molar-refractivity contribution < 1.29 is 4.74 Å². The first-order valence-corrected chi connectivity index (χ1v) is 6.49. The van der Waals surface area contributed by atoms with E-state index in [-0.39, 0.29) is 0 Å². The van der Waals surface area contributed by atoms with Crippen molar-refractivity contribution in [3.63, 3.8) is 0 Å². The lowest BCUT2D eigenvalue weighted by atomic mass is 9.78. The van der Waals surface area contributed by atoms with Gasteiger partial charge >= 0.3 is 0 Å². The lowest BCUT2D eigenvalue weighted by molar-refractivity contribution is -0.0401. The van der Waals surface area contributed by atoms with Crippen molar-refractivity contribution in [3.05, 3.63) is 0 Å². The zero-order chi connectivity index (χ0) is 10.8. The molecule has 4 unspecified atom stereocenters. The molecule has 2 aliphatic carbocycles. The van der Waals surface area contributed by atoms with Gasteiger partial charge in [0.25, 0.3) is 0 Å². The minimum absolute atomic E-state index is 0.451. The van der Waals surface area contributed by atoms with Crippen molar-refractivity contribution in [2.75, 3.05) is 13.7 Å². The van der Waals surface area contributed by atoms with Crippen LogP contribution in [0.5, 0.6) is 0 Å². The zero-order valence-electron chi connectivity index (χ0n) is 10.3. The highest BCUT2D eigenvalue weighted by Gasteiger charge is 2.35. The van der Waals surface area contributed by atoms with E-state index in [0.29, 0.717) is 18.1 Å². The van der Waals surface area contributed by atoms with Gasteiger partial charge in [0.1, 0.15) is 0 Å². The second-order valence-corrected chi connectivity index (χ2v) is 5.69. The van der Waals surface area contributed by atoms with E-state index in [1.165, 1.54) is 25.7 Å². The molecule has 0 aromatic rings. The molecular formula is C13H25NO. The van der Waals surface area contributed by atoms with E-state index in [2.05, 4.69) is 26.2 Å². The largest absolute Gasteiger partial charge is 0.376 e. The third-order valence-corrected chi connectivity index (χ3v) is 3.98. The third kappa shape index (κ3) is 2.94.